The summed E-state index contributed by atoms with van der Waals surface area (Å²) in [7, 11) is 0. The highest BCUT2D eigenvalue weighted by Gasteiger charge is 2.06. The van der Waals surface area contributed by atoms with Gasteiger partial charge in [0, 0.05) is 15.5 Å². The van der Waals surface area contributed by atoms with Crippen molar-refractivity contribution in [3.05, 3.63) is 84.4 Å². The van der Waals surface area contributed by atoms with Crippen molar-refractivity contribution < 1.29 is 0 Å². The van der Waals surface area contributed by atoms with Crippen LogP contribution in [0.25, 0.3) is 0 Å². The molecule has 2 N–H and O–H groups in total. The van der Waals surface area contributed by atoms with Crippen molar-refractivity contribution in [3.8, 4) is 0 Å². The van der Waals surface area contributed by atoms with Crippen LogP contribution in [0.5, 0.6) is 0 Å². The van der Waals surface area contributed by atoms with Crippen LogP contribution in [0.4, 0.5) is 11.4 Å². The summed E-state index contributed by atoms with van der Waals surface area (Å²) < 4.78 is 0. The Balaban J connectivity index is 1.67. The molecule has 0 unspecified atom stereocenters. The zero-order chi connectivity index (χ0) is 18.4. The fraction of sp³-hybridized carbons (Fsp3) is 0.136. The average molecular weight is 379 g/mol. The molecule has 0 atom stereocenters. The predicted molar refractivity (Wildman–Crippen MR) is 117 cm³/mol. The van der Waals surface area contributed by atoms with Gasteiger partial charge in [-0.05, 0) is 60.1 Å². The van der Waals surface area contributed by atoms with Crippen LogP contribution in [0.15, 0.2) is 88.7 Å². The SMILES string of the molecule is CC(C)c1ccc(NC(=S)Nc2ccccc2Sc2ccccc2)cc1. The van der Waals surface area contributed by atoms with Crippen molar-refractivity contribution in [3.63, 3.8) is 0 Å². The first-order valence-corrected chi connectivity index (χ1v) is 9.84. The van der Waals surface area contributed by atoms with E-state index in [0.29, 0.717) is 11.0 Å². The van der Waals surface area contributed by atoms with Gasteiger partial charge in [0.25, 0.3) is 0 Å². The molecule has 0 heterocycles. The Hall–Kier alpha value is -2.30. The zero-order valence-electron chi connectivity index (χ0n) is 14.9. The molecular formula is C22H22N2S2. The van der Waals surface area contributed by atoms with Crippen molar-refractivity contribution >= 4 is 40.5 Å². The van der Waals surface area contributed by atoms with E-state index in [9.17, 15) is 0 Å². The van der Waals surface area contributed by atoms with Crippen LogP contribution >= 0.6 is 24.0 Å². The molecule has 0 aliphatic rings. The highest BCUT2D eigenvalue weighted by Crippen LogP contribution is 2.33. The van der Waals surface area contributed by atoms with E-state index in [1.165, 1.54) is 10.5 Å². The van der Waals surface area contributed by atoms with Crippen LogP contribution in [0.1, 0.15) is 25.3 Å². The van der Waals surface area contributed by atoms with Crippen molar-refractivity contribution in [2.24, 2.45) is 0 Å². The highest BCUT2D eigenvalue weighted by molar-refractivity contribution is 7.99. The molecule has 3 aromatic carbocycles. The Morgan fingerprint density at radius 2 is 1.46 bits per heavy atom. The molecule has 0 saturated carbocycles. The van der Waals surface area contributed by atoms with E-state index >= 15 is 0 Å². The van der Waals surface area contributed by atoms with E-state index in [4.69, 9.17) is 12.2 Å². The maximum Gasteiger partial charge on any atom is 0.175 e. The molecule has 0 amide bonds. The molecule has 0 radical (unpaired) electrons. The molecule has 132 valence electrons. The van der Waals surface area contributed by atoms with Crippen LogP contribution in [0.2, 0.25) is 0 Å². The minimum absolute atomic E-state index is 0.524. The molecule has 0 aliphatic heterocycles. The third-order valence-electron chi connectivity index (χ3n) is 3.94. The monoisotopic (exact) mass is 378 g/mol. The van der Waals surface area contributed by atoms with Gasteiger partial charge in [-0.2, -0.15) is 0 Å². The number of anilines is 2. The lowest BCUT2D eigenvalue weighted by atomic mass is 10.0. The quantitative estimate of drug-likeness (QED) is 0.478. The maximum absolute atomic E-state index is 5.50. The summed E-state index contributed by atoms with van der Waals surface area (Å²) >= 11 is 7.21. The molecular weight excluding hydrogens is 356 g/mol. The lowest BCUT2D eigenvalue weighted by molar-refractivity contribution is 0.867. The number of rotatable bonds is 5. The highest BCUT2D eigenvalue weighted by atomic mass is 32.2. The minimum Gasteiger partial charge on any atom is -0.332 e. The first-order chi connectivity index (χ1) is 12.6. The van der Waals surface area contributed by atoms with Crippen LogP contribution in [0.3, 0.4) is 0 Å². The van der Waals surface area contributed by atoms with Crippen LogP contribution in [0, 0.1) is 0 Å². The first kappa shape index (κ1) is 18.5. The Bertz CT molecular complexity index is 859. The topological polar surface area (TPSA) is 24.1 Å². The molecule has 0 aliphatic carbocycles. The second-order valence-corrected chi connectivity index (χ2v) is 7.79. The van der Waals surface area contributed by atoms with Gasteiger partial charge in [-0.25, -0.2) is 0 Å². The molecule has 3 aromatic rings. The molecule has 26 heavy (non-hydrogen) atoms. The van der Waals surface area contributed by atoms with E-state index in [-0.39, 0.29) is 0 Å². The van der Waals surface area contributed by atoms with Gasteiger partial charge in [0.05, 0.1) is 5.69 Å². The second kappa shape index (κ2) is 8.88. The predicted octanol–water partition coefficient (Wildman–Crippen LogP) is 6.77. The first-order valence-electron chi connectivity index (χ1n) is 8.62. The minimum atomic E-state index is 0.524. The molecule has 4 heteroatoms. The Morgan fingerprint density at radius 3 is 2.15 bits per heavy atom. The summed E-state index contributed by atoms with van der Waals surface area (Å²) in [5.41, 5.74) is 3.30. The third kappa shape index (κ3) is 5.10. The van der Waals surface area contributed by atoms with Gasteiger partial charge < -0.3 is 10.6 Å². The summed E-state index contributed by atoms with van der Waals surface area (Å²) in [5.74, 6) is 0.524. The third-order valence-corrected chi connectivity index (χ3v) is 5.23. The number of hydrogen-bond donors (Lipinski definition) is 2. The number of hydrogen-bond acceptors (Lipinski definition) is 2. The average Bonchev–Trinajstić information content (AvgIpc) is 2.64. The van der Waals surface area contributed by atoms with Gasteiger partial charge >= 0.3 is 0 Å². The lowest BCUT2D eigenvalue weighted by Crippen LogP contribution is -2.19. The van der Waals surface area contributed by atoms with E-state index in [0.717, 1.165) is 16.3 Å². The number of nitrogens with one attached hydrogen (secondary N) is 2. The van der Waals surface area contributed by atoms with Crippen LogP contribution in [-0.4, -0.2) is 5.11 Å². The summed E-state index contributed by atoms with van der Waals surface area (Å²) in [6, 6.07) is 26.9. The van der Waals surface area contributed by atoms with Gasteiger partial charge in [-0.3, -0.25) is 0 Å². The van der Waals surface area contributed by atoms with Crippen LogP contribution < -0.4 is 10.6 Å². The Kier molecular flexibility index (Phi) is 6.31. The molecule has 0 spiro atoms. The summed E-state index contributed by atoms with van der Waals surface area (Å²) in [6.07, 6.45) is 0. The lowest BCUT2D eigenvalue weighted by Gasteiger charge is -2.14. The fourth-order valence-corrected chi connectivity index (χ4v) is 3.66. The molecule has 0 fully saturated rings. The smallest absolute Gasteiger partial charge is 0.175 e. The largest absolute Gasteiger partial charge is 0.332 e. The number of benzene rings is 3. The normalized spacial score (nSPS) is 10.6. The standard InChI is InChI=1S/C22H22N2S2/c1-16(2)17-12-14-18(15-13-17)23-22(25)24-20-10-6-7-11-21(20)26-19-8-4-3-5-9-19/h3-16H,1-2H3,(H2,23,24,25). The van der Waals surface area contributed by atoms with Crippen molar-refractivity contribution in [1.82, 2.24) is 0 Å². The van der Waals surface area contributed by atoms with Crippen molar-refractivity contribution in [2.75, 3.05) is 10.6 Å². The second-order valence-electron chi connectivity index (χ2n) is 6.27. The van der Waals surface area contributed by atoms with E-state index < -0.39 is 0 Å². The number of thiocarbonyl (C=S) groups is 1. The van der Waals surface area contributed by atoms with Gasteiger partial charge in [-0.15, -0.1) is 0 Å². The summed E-state index contributed by atoms with van der Waals surface area (Å²) in [6.45, 7) is 4.38. The maximum atomic E-state index is 5.50. The van der Waals surface area contributed by atoms with Gasteiger partial charge in [0.15, 0.2) is 5.11 Å². The van der Waals surface area contributed by atoms with Gasteiger partial charge in [0.1, 0.15) is 0 Å². The Morgan fingerprint density at radius 1 is 0.808 bits per heavy atom. The molecule has 0 aromatic heterocycles. The molecule has 0 bridgehead atoms. The van der Waals surface area contributed by atoms with Crippen LogP contribution in [-0.2, 0) is 0 Å². The summed E-state index contributed by atoms with van der Waals surface area (Å²) in [5, 5.41) is 7.16. The molecule has 0 saturated heterocycles. The van der Waals surface area contributed by atoms with Gasteiger partial charge in [-0.1, -0.05) is 68.1 Å². The molecule has 2 nitrogen and oxygen atoms in total. The fourth-order valence-electron chi connectivity index (χ4n) is 2.51. The number of para-hydroxylation sites is 1. The summed E-state index contributed by atoms with van der Waals surface area (Å²) in [4.78, 5) is 2.34. The zero-order valence-corrected chi connectivity index (χ0v) is 16.5. The molecule has 3 rings (SSSR count). The Labute approximate surface area is 165 Å². The van der Waals surface area contributed by atoms with Crippen molar-refractivity contribution in [1.29, 1.82) is 0 Å². The van der Waals surface area contributed by atoms with E-state index in [2.05, 4.69) is 66.9 Å². The van der Waals surface area contributed by atoms with Crippen molar-refractivity contribution in [2.45, 2.75) is 29.6 Å². The van der Waals surface area contributed by atoms with E-state index in [1.54, 1.807) is 11.8 Å². The van der Waals surface area contributed by atoms with Gasteiger partial charge in [0.2, 0.25) is 0 Å². The van der Waals surface area contributed by atoms with E-state index in [1.807, 2.05) is 36.4 Å².